The molecule has 21 heavy (non-hydrogen) atoms. The van der Waals surface area contributed by atoms with Crippen molar-refractivity contribution >= 4 is 21.8 Å². The third kappa shape index (κ3) is 2.88. The average Bonchev–Trinajstić information content (AvgIpc) is 3.16. The fraction of sp³-hybridized carbons (Fsp3) is 0.588. The summed E-state index contributed by atoms with van der Waals surface area (Å²) in [5, 5.41) is 10.5. The Balaban J connectivity index is 1.73. The van der Waals surface area contributed by atoms with Gasteiger partial charge in [-0.25, -0.2) is 0 Å². The van der Waals surface area contributed by atoms with Crippen LogP contribution >= 0.6 is 15.9 Å². The van der Waals surface area contributed by atoms with Gasteiger partial charge in [-0.2, -0.15) is 0 Å². The van der Waals surface area contributed by atoms with E-state index in [-0.39, 0.29) is 11.3 Å². The van der Waals surface area contributed by atoms with Crippen LogP contribution in [0.2, 0.25) is 0 Å². The Bertz CT molecular complexity index is 530. The van der Waals surface area contributed by atoms with Crippen LogP contribution in [0.25, 0.3) is 0 Å². The van der Waals surface area contributed by atoms with Crippen LogP contribution in [0.15, 0.2) is 28.7 Å². The predicted octanol–water partition coefficient (Wildman–Crippen LogP) is 3.24. The average molecular weight is 352 g/mol. The van der Waals surface area contributed by atoms with Gasteiger partial charge in [0.05, 0.1) is 11.0 Å². The minimum atomic E-state index is -0.666. The second-order valence-electron chi connectivity index (χ2n) is 6.68. The lowest BCUT2D eigenvalue weighted by Crippen LogP contribution is -2.45. The zero-order valence-corrected chi connectivity index (χ0v) is 14.0. The molecule has 0 heterocycles. The molecule has 4 heteroatoms. The van der Waals surface area contributed by atoms with Gasteiger partial charge in [0.1, 0.15) is 0 Å². The first-order valence-corrected chi connectivity index (χ1v) is 8.49. The monoisotopic (exact) mass is 351 g/mol. The van der Waals surface area contributed by atoms with Crippen molar-refractivity contribution in [2.75, 3.05) is 13.6 Å². The van der Waals surface area contributed by atoms with Gasteiger partial charge in [0, 0.05) is 18.1 Å². The number of nitrogens with zero attached hydrogens (tertiary/aromatic N) is 1. The third-order valence-electron chi connectivity index (χ3n) is 4.97. The van der Waals surface area contributed by atoms with Crippen LogP contribution in [0.4, 0.5) is 0 Å². The number of aliphatic hydroxyl groups is 1. The maximum absolute atomic E-state index is 12.8. The van der Waals surface area contributed by atoms with Crippen molar-refractivity contribution in [1.29, 1.82) is 0 Å². The zero-order chi connectivity index (χ0) is 15.1. The van der Waals surface area contributed by atoms with Crippen LogP contribution in [0.1, 0.15) is 44.1 Å². The Morgan fingerprint density at radius 3 is 2.29 bits per heavy atom. The first-order chi connectivity index (χ1) is 9.95. The summed E-state index contributed by atoms with van der Waals surface area (Å²) in [4.78, 5) is 14.6. The SMILES string of the molecule is CN(CC1(O)CCCC1)C(=O)C1(c2ccc(Br)cc2)CC1. The molecular formula is C17H22BrNO2. The van der Waals surface area contributed by atoms with Gasteiger partial charge in [0.2, 0.25) is 5.91 Å². The topological polar surface area (TPSA) is 40.5 Å². The van der Waals surface area contributed by atoms with Gasteiger partial charge >= 0.3 is 0 Å². The number of benzene rings is 1. The van der Waals surface area contributed by atoms with E-state index in [1.165, 1.54) is 0 Å². The number of carbonyl (C=O) groups is 1. The Hall–Kier alpha value is -0.870. The van der Waals surface area contributed by atoms with E-state index in [2.05, 4.69) is 15.9 Å². The van der Waals surface area contributed by atoms with E-state index in [0.717, 1.165) is 48.6 Å². The number of hydrogen-bond acceptors (Lipinski definition) is 2. The highest BCUT2D eigenvalue weighted by molar-refractivity contribution is 9.10. The minimum Gasteiger partial charge on any atom is -0.388 e. The van der Waals surface area contributed by atoms with Crippen LogP contribution in [0.3, 0.4) is 0 Å². The molecule has 0 saturated heterocycles. The highest BCUT2D eigenvalue weighted by Crippen LogP contribution is 2.50. The molecule has 2 aliphatic carbocycles. The molecule has 1 amide bonds. The van der Waals surface area contributed by atoms with Crippen LogP contribution in [-0.2, 0) is 10.2 Å². The molecule has 0 aromatic heterocycles. The van der Waals surface area contributed by atoms with E-state index in [9.17, 15) is 9.90 Å². The molecule has 3 nitrogen and oxygen atoms in total. The van der Waals surface area contributed by atoms with Crippen LogP contribution in [-0.4, -0.2) is 35.1 Å². The summed E-state index contributed by atoms with van der Waals surface area (Å²) >= 11 is 3.44. The fourth-order valence-corrected chi connectivity index (χ4v) is 3.85. The molecule has 1 aromatic carbocycles. The standard InChI is InChI=1S/C17H22BrNO2/c1-19(12-16(21)8-2-3-9-16)15(20)17(10-11-17)13-4-6-14(18)7-5-13/h4-7,21H,2-3,8-12H2,1H3. The Morgan fingerprint density at radius 2 is 1.76 bits per heavy atom. The molecule has 2 fully saturated rings. The maximum Gasteiger partial charge on any atom is 0.233 e. The number of amides is 1. The number of hydrogen-bond donors (Lipinski definition) is 1. The molecule has 0 spiro atoms. The summed E-state index contributed by atoms with van der Waals surface area (Å²) in [6, 6.07) is 8.06. The highest BCUT2D eigenvalue weighted by Gasteiger charge is 2.53. The molecule has 3 rings (SSSR count). The van der Waals surface area contributed by atoms with Crippen molar-refractivity contribution in [1.82, 2.24) is 4.90 Å². The van der Waals surface area contributed by atoms with Gasteiger partial charge in [-0.1, -0.05) is 40.9 Å². The lowest BCUT2D eigenvalue weighted by atomic mass is 9.93. The summed E-state index contributed by atoms with van der Waals surface area (Å²) in [7, 11) is 1.83. The first-order valence-electron chi connectivity index (χ1n) is 7.69. The fourth-order valence-electron chi connectivity index (χ4n) is 3.59. The van der Waals surface area contributed by atoms with E-state index >= 15 is 0 Å². The molecule has 0 aliphatic heterocycles. The quantitative estimate of drug-likeness (QED) is 0.904. The van der Waals surface area contributed by atoms with Gasteiger partial charge in [-0.15, -0.1) is 0 Å². The van der Waals surface area contributed by atoms with Gasteiger partial charge in [0.15, 0.2) is 0 Å². The van der Waals surface area contributed by atoms with E-state index < -0.39 is 5.60 Å². The molecule has 114 valence electrons. The molecule has 0 bridgehead atoms. The van der Waals surface area contributed by atoms with E-state index in [1.807, 2.05) is 31.3 Å². The third-order valence-corrected chi connectivity index (χ3v) is 5.50. The largest absolute Gasteiger partial charge is 0.388 e. The molecular weight excluding hydrogens is 330 g/mol. The van der Waals surface area contributed by atoms with Crippen molar-refractivity contribution in [3.05, 3.63) is 34.3 Å². The van der Waals surface area contributed by atoms with E-state index in [4.69, 9.17) is 0 Å². The Morgan fingerprint density at radius 1 is 1.19 bits per heavy atom. The maximum atomic E-state index is 12.8. The molecule has 2 saturated carbocycles. The van der Waals surface area contributed by atoms with Gasteiger partial charge in [-0.05, 0) is 43.4 Å². The number of likely N-dealkylation sites (N-methyl/N-ethyl adjacent to an activating group) is 1. The van der Waals surface area contributed by atoms with E-state index in [1.54, 1.807) is 4.90 Å². The van der Waals surface area contributed by atoms with Crippen molar-refractivity contribution in [2.45, 2.75) is 49.5 Å². The van der Waals surface area contributed by atoms with Gasteiger partial charge in [-0.3, -0.25) is 4.79 Å². The molecule has 1 N–H and O–H groups in total. The second kappa shape index (κ2) is 5.40. The van der Waals surface area contributed by atoms with E-state index in [0.29, 0.717) is 6.54 Å². The normalized spacial score (nSPS) is 22.0. The van der Waals surface area contributed by atoms with Crippen LogP contribution in [0.5, 0.6) is 0 Å². The lowest BCUT2D eigenvalue weighted by molar-refractivity contribution is -0.135. The number of rotatable bonds is 4. The summed E-state index contributed by atoms with van der Waals surface area (Å²) in [5.41, 5.74) is 0.0888. The lowest BCUT2D eigenvalue weighted by Gasteiger charge is -2.31. The van der Waals surface area contributed by atoms with Gasteiger partial charge in [0.25, 0.3) is 0 Å². The Labute approximate surface area is 134 Å². The van der Waals surface area contributed by atoms with Gasteiger partial charge < -0.3 is 10.0 Å². The molecule has 1 aromatic rings. The van der Waals surface area contributed by atoms with Crippen molar-refractivity contribution in [3.8, 4) is 0 Å². The van der Waals surface area contributed by atoms with Crippen LogP contribution < -0.4 is 0 Å². The predicted molar refractivity (Wildman–Crippen MR) is 86.1 cm³/mol. The smallest absolute Gasteiger partial charge is 0.233 e. The second-order valence-corrected chi connectivity index (χ2v) is 7.60. The zero-order valence-electron chi connectivity index (χ0n) is 12.4. The van der Waals surface area contributed by atoms with Crippen molar-refractivity contribution in [3.63, 3.8) is 0 Å². The summed E-state index contributed by atoms with van der Waals surface area (Å²) in [5.74, 6) is 0.158. The van der Waals surface area contributed by atoms with Crippen molar-refractivity contribution in [2.24, 2.45) is 0 Å². The Kier molecular flexibility index (Phi) is 3.87. The van der Waals surface area contributed by atoms with Crippen molar-refractivity contribution < 1.29 is 9.90 Å². The first kappa shape index (κ1) is 15.0. The highest BCUT2D eigenvalue weighted by atomic mass is 79.9. The van der Waals surface area contributed by atoms with Crippen LogP contribution in [0, 0.1) is 0 Å². The molecule has 2 aliphatic rings. The summed E-state index contributed by atoms with van der Waals surface area (Å²) in [6.45, 7) is 0.462. The summed E-state index contributed by atoms with van der Waals surface area (Å²) in [6.07, 6.45) is 5.59. The number of halogens is 1. The molecule has 0 radical (unpaired) electrons. The number of carbonyl (C=O) groups excluding carboxylic acids is 1. The molecule has 0 atom stereocenters. The minimum absolute atomic E-state index is 0.158. The summed E-state index contributed by atoms with van der Waals surface area (Å²) < 4.78 is 1.03. The molecule has 0 unspecified atom stereocenters.